The zero-order chi connectivity index (χ0) is 28.8. The Morgan fingerprint density at radius 1 is 0.902 bits per heavy atom. The number of aryl methyl sites for hydroxylation is 1. The Morgan fingerprint density at radius 3 is 2.34 bits per heavy atom. The van der Waals surface area contributed by atoms with Crippen molar-refractivity contribution in [2.75, 3.05) is 6.61 Å². The predicted octanol–water partition coefficient (Wildman–Crippen LogP) is 9.87. The minimum Gasteiger partial charge on any atom is -0.454 e. The number of carbonyl (C=O) groups is 2. The number of benzene rings is 3. The molecule has 1 fully saturated rings. The molecule has 0 unspecified atom stereocenters. The summed E-state index contributed by atoms with van der Waals surface area (Å²) in [6.45, 7) is 3.94. The van der Waals surface area contributed by atoms with E-state index in [2.05, 4.69) is 47.1 Å². The van der Waals surface area contributed by atoms with Crippen molar-refractivity contribution < 1.29 is 14.3 Å². The van der Waals surface area contributed by atoms with E-state index in [1.54, 1.807) is 30.3 Å². The van der Waals surface area contributed by atoms with Crippen LogP contribution in [-0.2, 0) is 4.74 Å². The molecule has 3 aromatic carbocycles. The van der Waals surface area contributed by atoms with Gasteiger partial charge in [-0.15, -0.1) is 0 Å². The van der Waals surface area contributed by atoms with E-state index < -0.39 is 5.97 Å². The Morgan fingerprint density at radius 2 is 1.63 bits per heavy atom. The van der Waals surface area contributed by atoms with E-state index >= 15 is 0 Å². The van der Waals surface area contributed by atoms with E-state index in [1.807, 2.05) is 25.1 Å². The summed E-state index contributed by atoms with van der Waals surface area (Å²) in [5.41, 5.74) is 5.75. The van der Waals surface area contributed by atoms with Crippen LogP contribution in [0.5, 0.6) is 0 Å². The van der Waals surface area contributed by atoms with Crippen molar-refractivity contribution in [1.82, 2.24) is 4.98 Å². The number of hydrogen-bond donors (Lipinski definition) is 0. The standard InChI is InChI=1S/C36H38BrNO3/c1-3-4-5-6-25-8-10-26(11-9-25)27-12-14-28(15-13-27)34-22-32(31-21-24(2)7-20-33(31)38-34)36(40)41-23-35(39)29-16-18-30(37)19-17-29/h7,12-22,25-26H,3-6,8-11,23H2,1-2H3. The summed E-state index contributed by atoms with van der Waals surface area (Å²) in [5.74, 6) is 0.742. The predicted molar refractivity (Wildman–Crippen MR) is 170 cm³/mol. The van der Waals surface area contributed by atoms with Crippen molar-refractivity contribution in [2.45, 2.75) is 71.1 Å². The van der Waals surface area contributed by atoms with Crippen molar-refractivity contribution in [2.24, 2.45) is 5.92 Å². The third-order valence-electron chi connectivity index (χ3n) is 8.43. The van der Waals surface area contributed by atoms with Gasteiger partial charge in [-0.2, -0.15) is 0 Å². The molecule has 1 saturated carbocycles. The molecule has 1 aliphatic carbocycles. The van der Waals surface area contributed by atoms with Crippen LogP contribution in [0.3, 0.4) is 0 Å². The van der Waals surface area contributed by atoms with Gasteiger partial charge in [0.05, 0.1) is 16.8 Å². The molecular weight excluding hydrogens is 574 g/mol. The van der Waals surface area contributed by atoms with Gasteiger partial charge >= 0.3 is 5.97 Å². The van der Waals surface area contributed by atoms with E-state index in [1.165, 1.54) is 56.9 Å². The number of ether oxygens (including phenoxy) is 1. The van der Waals surface area contributed by atoms with E-state index in [0.29, 0.717) is 17.0 Å². The molecule has 1 aliphatic rings. The van der Waals surface area contributed by atoms with Gasteiger partial charge in [0.15, 0.2) is 12.4 Å². The number of esters is 1. The molecule has 5 heteroatoms. The lowest BCUT2D eigenvalue weighted by Crippen LogP contribution is -2.15. The monoisotopic (exact) mass is 611 g/mol. The number of hydrogen-bond acceptors (Lipinski definition) is 4. The van der Waals surface area contributed by atoms with Crippen molar-refractivity contribution >= 4 is 38.6 Å². The Bertz CT molecular complexity index is 1500. The molecule has 0 spiro atoms. The topological polar surface area (TPSA) is 56.3 Å². The molecule has 4 nitrogen and oxygen atoms in total. The van der Waals surface area contributed by atoms with E-state index in [0.717, 1.165) is 38.1 Å². The van der Waals surface area contributed by atoms with Crippen molar-refractivity contribution in [3.63, 3.8) is 0 Å². The summed E-state index contributed by atoms with van der Waals surface area (Å²) in [7, 11) is 0. The number of fused-ring (bicyclic) bond motifs is 1. The maximum absolute atomic E-state index is 13.3. The van der Waals surface area contributed by atoms with Crippen LogP contribution in [0.4, 0.5) is 0 Å². The minimum absolute atomic E-state index is 0.244. The van der Waals surface area contributed by atoms with E-state index in [9.17, 15) is 9.59 Å². The lowest BCUT2D eigenvalue weighted by Gasteiger charge is -2.29. The number of nitrogens with zero attached hydrogens (tertiary/aromatic N) is 1. The number of ketones is 1. The van der Waals surface area contributed by atoms with Crippen molar-refractivity contribution in [3.8, 4) is 11.3 Å². The van der Waals surface area contributed by atoms with E-state index in [-0.39, 0.29) is 12.4 Å². The third-order valence-corrected chi connectivity index (χ3v) is 8.95. The Labute approximate surface area is 251 Å². The number of Topliss-reactive ketones (excluding diaryl/α,β-unsaturated/α-hetero) is 1. The van der Waals surface area contributed by atoms with Gasteiger partial charge in [0.1, 0.15) is 0 Å². The summed E-state index contributed by atoms with van der Waals surface area (Å²) in [4.78, 5) is 30.8. The molecule has 41 heavy (non-hydrogen) atoms. The number of unbranched alkanes of at least 4 members (excludes halogenated alkanes) is 2. The second kappa shape index (κ2) is 13.6. The molecule has 212 valence electrons. The van der Waals surface area contributed by atoms with Gasteiger partial charge < -0.3 is 4.74 Å². The minimum atomic E-state index is -0.526. The number of aromatic nitrogens is 1. The Balaban J connectivity index is 1.32. The third kappa shape index (κ3) is 7.32. The second-order valence-corrected chi connectivity index (χ2v) is 12.3. The van der Waals surface area contributed by atoms with Crippen molar-refractivity contribution in [1.29, 1.82) is 0 Å². The molecular formula is C36H38BrNO3. The van der Waals surface area contributed by atoms with Crippen LogP contribution in [0.25, 0.3) is 22.2 Å². The molecule has 0 amide bonds. The van der Waals surface area contributed by atoms with Crippen molar-refractivity contribution in [3.05, 3.63) is 99.5 Å². The van der Waals surface area contributed by atoms with Gasteiger partial charge in [-0.05, 0) is 80.3 Å². The van der Waals surface area contributed by atoms with Gasteiger partial charge in [-0.3, -0.25) is 4.79 Å². The molecule has 4 aromatic rings. The lowest BCUT2D eigenvalue weighted by molar-refractivity contribution is 0.0476. The number of carbonyl (C=O) groups excluding carboxylic acids is 2. The largest absolute Gasteiger partial charge is 0.454 e. The van der Waals surface area contributed by atoms with Gasteiger partial charge in [0.25, 0.3) is 0 Å². The highest BCUT2D eigenvalue weighted by molar-refractivity contribution is 9.10. The number of halogens is 1. The fourth-order valence-corrected chi connectivity index (χ4v) is 6.24. The quantitative estimate of drug-likeness (QED) is 0.102. The van der Waals surface area contributed by atoms with Crippen LogP contribution >= 0.6 is 15.9 Å². The zero-order valence-corrected chi connectivity index (χ0v) is 25.6. The molecule has 0 aliphatic heterocycles. The maximum Gasteiger partial charge on any atom is 0.339 e. The zero-order valence-electron chi connectivity index (χ0n) is 24.0. The first-order valence-corrected chi connectivity index (χ1v) is 15.7. The van der Waals surface area contributed by atoms with Crippen LogP contribution in [0.1, 0.15) is 96.1 Å². The molecule has 0 N–H and O–H groups in total. The molecule has 0 atom stereocenters. The first-order chi connectivity index (χ1) is 19.9. The van der Waals surface area contributed by atoms with Crippen LogP contribution in [0.2, 0.25) is 0 Å². The molecule has 5 rings (SSSR count). The summed E-state index contributed by atoms with van der Waals surface area (Å²) in [6, 6.07) is 23.4. The molecule has 1 aromatic heterocycles. The SMILES string of the molecule is CCCCCC1CCC(c2ccc(-c3cc(C(=O)OCC(=O)c4ccc(Br)cc4)c4cc(C)ccc4n3)cc2)CC1. The smallest absolute Gasteiger partial charge is 0.339 e. The van der Waals surface area contributed by atoms with Gasteiger partial charge in [-0.25, -0.2) is 9.78 Å². The summed E-state index contributed by atoms with van der Waals surface area (Å²) in [6.07, 6.45) is 10.6. The summed E-state index contributed by atoms with van der Waals surface area (Å²) in [5, 5.41) is 0.724. The molecule has 0 radical (unpaired) electrons. The molecule has 0 bridgehead atoms. The normalized spacial score (nSPS) is 17.0. The highest BCUT2D eigenvalue weighted by Gasteiger charge is 2.22. The van der Waals surface area contributed by atoms with E-state index in [4.69, 9.17) is 9.72 Å². The number of pyridine rings is 1. The van der Waals surface area contributed by atoms with Gasteiger partial charge in [-0.1, -0.05) is 96.6 Å². The number of rotatable bonds is 10. The molecule has 0 saturated heterocycles. The maximum atomic E-state index is 13.3. The first kappa shape index (κ1) is 29.2. The second-order valence-electron chi connectivity index (χ2n) is 11.4. The van der Waals surface area contributed by atoms with Gasteiger partial charge in [0, 0.05) is 21.0 Å². The highest BCUT2D eigenvalue weighted by atomic mass is 79.9. The Hall–Kier alpha value is -3.31. The highest BCUT2D eigenvalue weighted by Crippen LogP contribution is 2.38. The fourth-order valence-electron chi connectivity index (χ4n) is 5.98. The van der Waals surface area contributed by atoms with Crippen LogP contribution in [-0.4, -0.2) is 23.3 Å². The molecule has 1 heterocycles. The summed E-state index contributed by atoms with van der Waals surface area (Å²) >= 11 is 3.38. The first-order valence-electron chi connectivity index (χ1n) is 14.9. The average molecular weight is 613 g/mol. The van der Waals surface area contributed by atoms with Gasteiger partial charge in [0.2, 0.25) is 0 Å². The average Bonchev–Trinajstić information content (AvgIpc) is 3.00. The summed E-state index contributed by atoms with van der Waals surface area (Å²) < 4.78 is 6.41. The lowest BCUT2D eigenvalue weighted by atomic mass is 9.77. The van der Waals surface area contributed by atoms with Crippen LogP contribution < -0.4 is 0 Å². The van der Waals surface area contributed by atoms with Crippen LogP contribution in [0.15, 0.2) is 77.3 Å². The van der Waals surface area contributed by atoms with Crippen LogP contribution in [0, 0.1) is 12.8 Å². The Kier molecular flexibility index (Phi) is 9.66. The fraction of sp³-hybridized carbons (Fsp3) is 0.361.